The van der Waals surface area contributed by atoms with Crippen molar-refractivity contribution in [1.82, 2.24) is 20.5 Å². The molecule has 1 atom stereocenters. The van der Waals surface area contributed by atoms with Gasteiger partial charge in [-0.2, -0.15) is 5.10 Å². The summed E-state index contributed by atoms with van der Waals surface area (Å²) in [5.74, 6) is -1.21. The first-order valence-electron chi connectivity index (χ1n) is 6.75. The van der Waals surface area contributed by atoms with E-state index in [1.54, 1.807) is 13.8 Å². The number of carbonyl (C=O) groups is 2. The van der Waals surface area contributed by atoms with E-state index in [9.17, 15) is 9.59 Å². The molecule has 1 heterocycles. The van der Waals surface area contributed by atoms with E-state index in [2.05, 4.69) is 25.8 Å². The number of carboxylic acids is 1. The zero-order valence-corrected chi connectivity index (χ0v) is 12.7. The summed E-state index contributed by atoms with van der Waals surface area (Å²) in [6.45, 7) is 7.45. The Balaban J connectivity index is 2.52. The largest absolute Gasteiger partial charge is 0.481 e. The van der Waals surface area contributed by atoms with Gasteiger partial charge < -0.3 is 10.4 Å². The first-order chi connectivity index (χ1) is 9.79. The lowest BCUT2D eigenvalue weighted by molar-refractivity contribution is -0.142. The predicted octanol–water partition coefficient (Wildman–Crippen LogP) is 1.36. The van der Waals surface area contributed by atoms with Crippen LogP contribution in [0.1, 0.15) is 31.7 Å². The smallest absolute Gasteiger partial charge is 0.321 e. The fourth-order valence-electron chi connectivity index (χ4n) is 1.71. The van der Waals surface area contributed by atoms with Crippen LogP contribution in [0, 0.1) is 25.7 Å². The van der Waals surface area contributed by atoms with Gasteiger partial charge in [-0.15, -0.1) is 5.10 Å². The van der Waals surface area contributed by atoms with Crippen LogP contribution in [-0.2, 0) is 4.79 Å². The molecule has 21 heavy (non-hydrogen) atoms. The summed E-state index contributed by atoms with van der Waals surface area (Å²) < 4.78 is 0. The Kier molecular flexibility index (Phi) is 6.01. The van der Waals surface area contributed by atoms with Gasteiger partial charge in [0.2, 0.25) is 0 Å². The number of carbonyl (C=O) groups excluding carboxylic acids is 1. The Morgan fingerprint density at radius 3 is 2.38 bits per heavy atom. The monoisotopic (exact) mass is 295 g/mol. The van der Waals surface area contributed by atoms with E-state index in [1.165, 1.54) is 0 Å². The van der Waals surface area contributed by atoms with E-state index in [4.69, 9.17) is 5.11 Å². The number of hydrogen-bond donors (Lipinski definition) is 3. The highest BCUT2D eigenvalue weighted by Crippen LogP contribution is 2.11. The molecule has 116 valence electrons. The molecular formula is C13H21N5O3. The third kappa shape index (κ3) is 5.72. The third-order valence-electron chi connectivity index (χ3n) is 2.93. The van der Waals surface area contributed by atoms with Gasteiger partial charge in [-0.05, 0) is 26.2 Å². The van der Waals surface area contributed by atoms with Crippen molar-refractivity contribution in [2.24, 2.45) is 11.8 Å². The highest BCUT2D eigenvalue weighted by atomic mass is 16.4. The lowest BCUT2D eigenvalue weighted by Crippen LogP contribution is -2.36. The number of aromatic nitrogens is 3. The second kappa shape index (κ2) is 7.51. The second-order valence-corrected chi connectivity index (χ2v) is 5.31. The van der Waals surface area contributed by atoms with Gasteiger partial charge in [0.15, 0.2) is 0 Å². The van der Waals surface area contributed by atoms with Gasteiger partial charge in [-0.25, -0.2) is 9.78 Å². The number of urea groups is 1. The van der Waals surface area contributed by atoms with Crippen LogP contribution in [0.3, 0.4) is 0 Å². The maximum Gasteiger partial charge on any atom is 0.321 e. The fraction of sp³-hybridized carbons (Fsp3) is 0.615. The quantitative estimate of drug-likeness (QED) is 0.729. The van der Waals surface area contributed by atoms with Gasteiger partial charge in [0.05, 0.1) is 17.3 Å². The Morgan fingerprint density at radius 1 is 1.19 bits per heavy atom. The molecule has 0 aliphatic rings. The van der Waals surface area contributed by atoms with E-state index in [0.717, 1.165) is 0 Å². The van der Waals surface area contributed by atoms with E-state index in [0.29, 0.717) is 17.8 Å². The summed E-state index contributed by atoms with van der Waals surface area (Å²) in [5.41, 5.74) is 1.35. The molecule has 0 bridgehead atoms. The summed E-state index contributed by atoms with van der Waals surface area (Å²) in [6.07, 6.45) is 0.497. The van der Waals surface area contributed by atoms with Gasteiger partial charge in [0.1, 0.15) is 0 Å². The maximum atomic E-state index is 11.7. The minimum atomic E-state index is -0.923. The van der Waals surface area contributed by atoms with Crippen molar-refractivity contribution < 1.29 is 14.7 Å². The average Bonchev–Trinajstić information content (AvgIpc) is 2.38. The van der Waals surface area contributed by atoms with Crippen LogP contribution in [0.4, 0.5) is 10.7 Å². The SMILES string of the molecule is Cc1nnc(NC(=O)NCC(CC(C)C)C(=O)O)nc1C. The van der Waals surface area contributed by atoms with Gasteiger partial charge in [0, 0.05) is 6.54 Å². The van der Waals surface area contributed by atoms with Crippen molar-refractivity contribution in [1.29, 1.82) is 0 Å². The number of anilines is 1. The molecule has 0 radical (unpaired) electrons. The van der Waals surface area contributed by atoms with Gasteiger partial charge in [-0.3, -0.25) is 10.1 Å². The molecule has 1 unspecified atom stereocenters. The summed E-state index contributed by atoms with van der Waals surface area (Å²) in [7, 11) is 0. The number of aliphatic carboxylic acids is 1. The molecule has 8 heteroatoms. The summed E-state index contributed by atoms with van der Waals surface area (Å²) >= 11 is 0. The normalized spacial score (nSPS) is 12.0. The van der Waals surface area contributed by atoms with Crippen LogP contribution < -0.4 is 10.6 Å². The van der Waals surface area contributed by atoms with Crippen molar-refractivity contribution in [3.8, 4) is 0 Å². The van der Waals surface area contributed by atoms with Crippen LogP contribution in [0.5, 0.6) is 0 Å². The first-order valence-corrected chi connectivity index (χ1v) is 6.75. The van der Waals surface area contributed by atoms with Gasteiger partial charge >= 0.3 is 12.0 Å². The number of aryl methyl sites for hydroxylation is 2. The zero-order valence-electron chi connectivity index (χ0n) is 12.7. The topological polar surface area (TPSA) is 117 Å². The average molecular weight is 295 g/mol. The number of rotatable bonds is 6. The van der Waals surface area contributed by atoms with Crippen LogP contribution in [0.15, 0.2) is 0 Å². The molecule has 1 rings (SSSR count). The van der Waals surface area contributed by atoms with Gasteiger partial charge in [0.25, 0.3) is 5.95 Å². The molecule has 0 saturated carbocycles. The molecule has 3 N–H and O–H groups in total. The Labute approximate surface area is 123 Å². The highest BCUT2D eigenvalue weighted by Gasteiger charge is 2.19. The van der Waals surface area contributed by atoms with Crippen LogP contribution >= 0.6 is 0 Å². The standard InChI is InChI=1S/C13H21N5O3/c1-7(2)5-10(11(19)20)6-14-13(21)16-12-15-8(3)9(4)17-18-12/h7,10H,5-6H2,1-4H3,(H,19,20)(H2,14,15,16,18,21). The lowest BCUT2D eigenvalue weighted by Gasteiger charge is -2.15. The van der Waals surface area contributed by atoms with Crippen LogP contribution in [-0.4, -0.2) is 38.8 Å². The zero-order chi connectivity index (χ0) is 16.0. The van der Waals surface area contributed by atoms with Crippen molar-refractivity contribution in [3.63, 3.8) is 0 Å². The van der Waals surface area contributed by atoms with E-state index >= 15 is 0 Å². The lowest BCUT2D eigenvalue weighted by atomic mass is 9.97. The molecule has 0 aliphatic heterocycles. The molecule has 1 aromatic rings. The molecule has 2 amide bonds. The van der Waals surface area contributed by atoms with Crippen molar-refractivity contribution >= 4 is 17.9 Å². The van der Waals surface area contributed by atoms with Crippen LogP contribution in [0.2, 0.25) is 0 Å². The molecule has 0 fully saturated rings. The van der Waals surface area contributed by atoms with Crippen molar-refractivity contribution in [2.45, 2.75) is 34.1 Å². The Morgan fingerprint density at radius 2 is 1.86 bits per heavy atom. The minimum Gasteiger partial charge on any atom is -0.481 e. The number of nitrogens with zero attached hydrogens (tertiary/aromatic N) is 3. The minimum absolute atomic E-state index is 0.0532. The predicted molar refractivity (Wildman–Crippen MR) is 76.9 cm³/mol. The third-order valence-corrected chi connectivity index (χ3v) is 2.93. The number of carboxylic acid groups (broad SMARTS) is 1. The molecule has 0 aromatic carbocycles. The Bertz CT molecular complexity index is 519. The molecular weight excluding hydrogens is 274 g/mol. The summed E-state index contributed by atoms with van der Waals surface area (Å²) in [5, 5.41) is 21.6. The molecule has 0 saturated heterocycles. The fourth-order valence-corrected chi connectivity index (χ4v) is 1.71. The van der Waals surface area contributed by atoms with E-state index < -0.39 is 17.9 Å². The number of amides is 2. The number of hydrogen-bond acceptors (Lipinski definition) is 5. The summed E-state index contributed by atoms with van der Waals surface area (Å²) in [4.78, 5) is 26.8. The second-order valence-electron chi connectivity index (χ2n) is 5.31. The molecule has 8 nitrogen and oxygen atoms in total. The number of nitrogens with one attached hydrogen (secondary N) is 2. The highest BCUT2D eigenvalue weighted by molar-refractivity contribution is 5.87. The van der Waals surface area contributed by atoms with Crippen LogP contribution in [0.25, 0.3) is 0 Å². The van der Waals surface area contributed by atoms with Crippen molar-refractivity contribution in [3.05, 3.63) is 11.4 Å². The molecule has 0 aliphatic carbocycles. The van der Waals surface area contributed by atoms with E-state index in [-0.39, 0.29) is 18.4 Å². The van der Waals surface area contributed by atoms with Crippen molar-refractivity contribution in [2.75, 3.05) is 11.9 Å². The van der Waals surface area contributed by atoms with Gasteiger partial charge in [-0.1, -0.05) is 13.8 Å². The Hall–Kier alpha value is -2.25. The molecule has 0 spiro atoms. The summed E-state index contributed by atoms with van der Waals surface area (Å²) in [6, 6.07) is -0.546. The first kappa shape index (κ1) is 16.8. The van der Waals surface area contributed by atoms with E-state index in [1.807, 2.05) is 13.8 Å². The molecule has 1 aromatic heterocycles. The maximum absolute atomic E-state index is 11.7.